The largest absolute Gasteiger partial charge is 0.370 e. The van der Waals surface area contributed by atoms with Crippen LogP contribution in [0.4, 0.5) is 0 Å². The zero-order valence-corrected chi connectivity index (χ0v) is 10.6. The van der Waals surface area contributed by atoms with Crippen LogP contribution in [0.25, 0.3) is 0 Å². The van der Waals surface area contributed by atoms with Gasteiger partial charge in [0, 0.05) is 5.92 Å². The second-order valence-electron chi connectivity index (χ2n) is 5.24. The normalized spacial score (nSPS) is 32.6. The van der Waals surface area contributed by atoms with E-state index >= 15 is 0 Å². The fourth-order valence-electron chi connectivity index (χ4n) is 3.07. The van der Waals surface area contributed by atoms with E-state index < -0.39 is 0 Å². The van der Waals surface area contributed by atoms with Gasteiger partial charge < -0.3 is 9.47 Å². The summed E-state index contributed by atoms with van der Waals surface area (Å²) in [4.78, 5) is 0. The van der Waals surface area contributed by atoms with Gasteiger partial charge in [0.25, 0.3) is 0 Å². The van der Waals surface area contributed by atoms with Gasteiger partial charge in [-0.3, -0.25) is 0 Å². The summed E-state index contributed by atoms with van der Waals surface area (Å²) in [6.45, 7) is 0.716. The Morgan fingerprint density at radius 2 is 1.42 bits per heavy atom. The maximum atomic E-state index is 6.06. The van der Waals surface area contributed by atoms with Crippen LogP contribution < -0.4 is 0 Å². The molecule has 2 saturated heterocycles. The van der Waals surface area contributed by atoms with E-state index in [0.717, 1.165) is 0 Å². The second-order valence-corrected chi connectivity index (χ2v) is 5.24. The molecular weight excluding hydrogens is 236 g/mol. The molecule has 19 heavy (non-hydrogen) atoms. The molecule has 2 heterocycles. The molecule has 2 aliphatic rings. The van der Waals surface area contributed by atoms with Gasteiger partial charge in [0.05, 0.1) is 18.8 Å². The summed E-state index contributed by atoms with van der Waals surface area (Å²) in [5.74, 6) is 0.308. The first-order chi connectivity index (χ1) is 9.43. The van der Waals surface area contributed by atoms with Crippen molar-refractivity contribution in [2.24, 2.45) is 0 Å². The molecule has 2 aromatic carbocycles. The Kier molecular flexibility index (Phi) is 2.64. The summed E-state index contributed by atoms with van der Waals surface area (Å²) in [7, 11) is 0. The number of hydrogen-bond acceptors (Lipinski definition) is 2. The molecule has 0 amide bonds. The summed E-state index contributed by atoms with van der Waals surface area (Å²) < 4.78 is 11.8. The Hall–Kier alpha value is -1.64. The molecule has 0 unspecified atom stereocenters. The van der Waals surface area contributed by atoms with Crippen molar-refractivity contribution in [1.82, 2.24) is 0 Å². The molecule has 0 aromatic heterocycles. The molecule has 0 spiro atoms. The highest BCUT2D eigenvalue weighted by atomic mass is 16.6. The van der Waals surface area contributed by atoms with Crippen LogP contribution in [0.2, 0.25) is 0 Å². The zero-order chi connectivity index (χ0) is 12.7. The van der Waals surface area contributed by atoms with Crippen molar-refractivity contribution >= 4 is 0 Å². The maximum Gasteiger partial charge on any atom is 0.108 e. The summed E-state index contributed by atoms with van der Waals surface area (Å²) >= 11 is 0. The van der Waals surface area contributed by atoms with E-state index in [2.05, 4.69) is 54.6 Å². The Balaban J connectivity index is 1.72. The summed E-state index contributed by atoms with van der Waals surface area (Å²) in [5.41, 5.74) is 2.55. The molecule has 2 aliphatic heterocycles. The number of ether oxygens (including phenoxy) is 2. The van der Waals surface area contributed by atoms with Crippen LogP contribution in [0.3, 0.4) is 0 Å². The lowest BCUT2D eigenvalue weighted by Crippen LogP contribution is -2.28. The summed E-state index contributed by atoms with van der Waals surface area (Å²) in [6.07, 6.45) is 0.721. The molecule has 0 bridgehead atoms. The van der Waals surface area contributed by atoms with E-state index in [4.69, 9.17) is 9.47 Å². The topological polar surface area (TPSA) is 21.8 Å². The van der Waals surface area contributed by atoms with Crippen molar-refractivity contribution in [3.8, 4) is 0 Å². The van der Waals surface area contributed by atoms with Gasteiger partial charge in [-0.15, -0.1) is 0 Å². The van der Waals surface area contributed by atoms with Gasteiger partial charge in [-0.1, -0.05) is 60.7 Å². The summed E-state index contributed by atoms with van der Waals surface area (Å²) in [5, 5.41) is 0. The lowest BCUT2D eigenvalue weighted by molar-refractivity contribution is 0.0136. The van der Waals surface area contributed by atoms with E-state index in [-0.39, 0.29) is 6.10 Å². The molecule has 0 radical (unpaired) electrons. The van der Waals surface area contributed by atoms with Crippen molar-refractivity contribution in [3.63, 3.8) is 0 Å². The van der Waals surface area contributed by atoms with E-state index in [1.165, 1.54) is 11.1 Å². The third-order valence-corrected chi connectivity index (χ3v) is 4.05. The van der Waals surface area contributed by atoms with Crippen molar-refractivity contribution in [3.05, 3.63) is 71.8 Å². The van der Waals surface area contributed by atoms with Crippen LogP contribution in [0.15, 0.2) is 60.7 Å². The van der Waals surface area contributed by atoms with E-state index in [1.54, 1.807) is 0 Å². The Morgan fingerprint density at radius 1 is 0.789 bits per heavy atom. The van der Waals surface area contributed by atoms with Crippen LogP contribution in [0.5, 0.6) is 0 Å². The van der Waals surface area contributed by atoms with Gasteiger partial charge in [0.1, 0.15) is 6.10 Å². The highest BCUT2D eigenvalue weighted by molar-refractivity contribution is 5.31. The second kappa shape index (κ2) is 4.48. The van der Waals surface area contributed by atoms with E-state index in [1.807, 2.05) is 6.07 Å². The smallest absolute Gasteiger partial charge is 0.108 e. The number of benzene rings is 2. The molecule has 4 rings (SSSR count). The standard InChI is InChI=1S/C17H16O2/c1-3-7-12(8-4-1)15-16(13-9-5-2-6-10-13)18-11-14-17(15)19-14/h1-10,14-17H,11H2/t14-,15-,16-,17-/m1/s1. The van der Waals surface area contributed by atoms with Crippen LogP contribution in [-0.2, 0) is 9.47 Å². The van der Waals surface area contributed by atoms with E-state index in [9.17, 15) is 0 Å². The first-order valence-electron chi connectivity index (χ1n) is 6.80. The first kappa shape index (κ1) is 11.2. The number of hydrogen-bond donors (Lipinski definition) is 0. The molecule has 4 atom stereocenters. The fraction of sp³-hybridized carbons (Fsp3) is 0.294. The average molecular weight is 252 g/mol. The van der Waals surface area contributed by atoms with Crippen molar-refractivity contribution in [1.29, 1.82) is 0 Å². The minimum absolute atomic E-state index is 0.104. The monoisotopic (exact) mass is 252 g/mol. The molecule has 2 aromatic rings. The third-order valence-electron chi connectivity index (χ3n) is 4.05. The average Bonchev–Trinajstić information content (AvgIpc) is 3.27. The molecule has 2 heteroatoms. The molecule has 2 nitrogen and oxygen atoms in total. The Bertz CT molecular complexity index is 552. The van der Waals surface area contributed by atoms with Gasteiger partial charge in [0.15, 0.2) is 0 Å². The summed E-state index contributed by atoms with van der Waals surface area (Å²) in [6, 6.07) is 21.0. The van der Waals surface area contributed by atoms with Gasteiger partial charge in [-0.2, -0.15) is 0 Å². The Labute approximate surface area is 113 Å². The molecule has 96 valence electrons. The number of epoxide rings is 1. The van der Waals surface area contributed by atoms with Crippen LogP contribution in [-0.4, -0.2) is 18.8 Å². The van der Waals surface area contributed by atoms with Gasteiger partial charge >= 0.3 is 0 Å². The Morgan fingerprint density at radius 3 is 2.11 bits per heavy atom. The highest BCUT2D eigenvalue weighted by Crippen LogP contribution is 2.49. The van der Waals surface area contributed by atoms with Gasteiger partial charge in [-0.05, 0) is 11.1 Å². The molecule has 0 saturated carbocycles. The molecule has 2 fully saturated rings. The number of fused-ring (bicyclic) bond motifs is 1. The van der Waals surface area contributed by atoms with Crippen LogP contribution >= 0.6 is 0 Å². The SMILES string of the molecule is c1ccc([C@H]2[C@@H]3O[C@@H]3CO[C@@H]2c2ccccc2)cc1. The van der Waals surface area contributed by atoms with Crippen molar-refractivity contribution in [2.75, 3.05) is 6.61 Å². The van der Waals surface area contributed by atoms with Crippen molar-refractivity contribution in [2.45, 2.75) is 24.2 Å². The van der Waals surface area contributed by atoms with Gasteiger partial charge in [0.2, 0.25) is 0 Å². The zero-order valence-electron chi connectivity index (χ0n) is 10.6. The minimum atomic E-state index is 0.104. The van der Waals surface area contributed by atoms with Crippen LogP contribution in [0, 0.1) is 0 Å². The predicted molar refractivity (Wildman–Crippen MR) is 73.0 cm³/mol. The maximum absolute atomic E-state index is 6.06. The molecule has 0 aliphatic carbocycles. The molecular formula is C17H16O2. The predicted octanol–water partition coefficient (Wildman–Crippen LogP) is 3.31. The first-order valence-corrected chi connectivity index (χ1v) is 6.80. The highest BCUT2D eigenvalue weighted by Gasteiger charge is 2.53. The quantitative estimate of drug-likeness (QED) is 0.765. The minimum Gasteiger partial charge on any atom is -0.370 e. The number of rotatable bonds is 2. The third kappa shape index (κ3) is 1.97. The van der Waals surface area contributed by atoms with Crippen LogP contribution in [0.1, 0.15) is 23.1 Å². The lowest BCUT2D eigenvalue weighted by Gasteiger charge is -2.30. The van der Waals surface area contributed by atoms with Gasteiger partial charge in [-0.25, -0.2) is 0 Å². The van der Waals surface area contributed by atoms with Crippen molar-refractivity contribution < 1.29 is 9.47 Å². The van der Waals surface area contributed by atoms with E-state index in [0.29, 0.717) is 24.7 Å². The molecule has 0 N–H and O–H groups in total. The fourth-order valence-corrected chi connectivity index (χ4v) is 3.07. The lowest BCUT2D eigenvalue weighted by atomic mass is 9.84.